The third-order valence-corrected chi connectivity index (χ3v) is 4.58. The normalized spacial score (nSPS) is 23.8. The quantitative estimate of drug-likeness (QED) is 0.893. The van der Waals surface area contributed by atoms with E-state index < -0.39 is 0 Å². The molecule has 0 radical (unpaired) electrons. The molecule has 0 bridgehead atoms. The van der Waals surface area contributed by atoms with Crippen LogP contribution in [0.5, 0.6) is 0 Å². The van der Waals surface area contributed by atoms with Crippen LogP contribution in [0.15, 0.2) is 30.3 Å². The Morgan fingerprint density at radius 2 is 1.95 bits per heavy atom. The van der Waals surface area contributed by atoms with Crippen LogP contribution in [-0.2, 0) is 4.79 Å². The van der Waals surface area contributed by atoms with Gasteiger partial charge in [0.25, 0.3) is 0 Å². The van der Waals surface area contributed by atoms with Crippen molar-refractivity contribution in [3.8, 4) is 0 Å². The van der Waals surface area contributed by atoms with Crippen LogP contribution >= 0.6 is 0 Å². The number of nitrogens with one attached hydrogen (secondary N) is 1. The summed E-state index contributed by atoms with van der Waals surface area (Å²) in [7, 11) is 0. The molecule has 21 heavy (non-hydrogen) atoms. The number of hydrogen-bond acceptors (Lipinski definition) is 2. The number of carbonyl (C=O) groups is 1. The smallest absolute Gasteiger partial charge is 0.223 e. The van der Waals surface area contributed by atoms with Gasteiger partial charge < -0.3 is 11.1 Å². The summed E-state index contributed by atoms with van der Waals surface area (Å²) < 4.78 is 0. The van der Waals surface area contributed by atoms with E-state index in [1.807, 2.05) is 18.2 Å². The first kappa shape index (κ1) is 16.0. The van der Waals surface area contributed by atoms with E-state index in [1.165, 1.54) is 5.56 Å². The van der Waals surface area contributed by atoms with Crippen molar-refractivity contribution in [3.05, 3.63) is 35.9 Å². The van der Waals surface area contributed by atoms with E-state index in [1.54, 1.807) is 0 Å². The average molecular weight is 288 g/mol. The van der Waals surface area contributed by atoms with E-state index in [4.69, 9.17) is 5.73 Å². The first-order valence-corrected chi connectivity index (χ1v) is 7.99. The maximum atomic E-state index is 12.7. The van der Waals surface area contributed by atoms with Crippen LogP contribution in [0.2, 0.25) is 0 Å². The minimum atomic E-state index is -0.0200. The fraction of sp³-hybridized carbons (Fsp3) is 0.611. The molecule has 3 N–H and O–H groups in total. The molecule has 1 unspecified atom stereocenters. The van der Waals surface area contributed by atoms with Crippen molar-refractivity contribution in [1.29, 1.82) is 0 Å². The standard InChI is InChI=1S/C18H28N2O/c1-18(2,3)16(13-8-5-4-6-9-13)20-17(21)15-11-7-10-14(15)12-19/h4-6,8-9,14-16H,7,10-12,19H2,1-3H3,(H,20,21)/t14-,15-,16?/m1/s1. The van der Waals surface area contributed by atoms with Gasteiger partial charge in [0, 0.05) is 5.92 Å². The molecule has 1 aromatic carbocycles. The number of benzene rings is 1. The molecule has 3 nitrogen and oxygen atoms in total. The van der Waals surface area contributed by atoms with Gasteiger partial charge in [-0.3, -0.25) is 4.79 Å². The molecule has 1 fully saturated rings. The summed E-state index contributed by atoms with van der Waals surface area (Å²) in [5, 5.41) is 3.28. The maximum Gasteiger partial charge on any atom is 0.223 e. The summed E-state index contributed by atoms with van der Waals surface area (Å²) in [6, 6.07) is 10.3. The fourth-order valence-electron chi connectivity index (χ4n) is 3.36. The topological polar surface area (TPSA) is 55.1 Å². The third-order valence-electron chi connectivity index (χ3n) is 4.58. The molecule has 0 heterocycles. The molecular formula is C18H28N2O. The Labute approximate surface area is 128 Å². The Balaban J connectivity index is 2.14. The molecular weight excluding hydrogens is 260 g/mol. The molecule has 1 aliphatic rings. The molecule has 2 rings (SSSR count). The van der Waals surface area contributed by atoms with Gasteiger partial charge in [-0.15, -0.1) is 0 Å². The Kier molecular flexibility index (Phi) is 5.04. The van der Waals surface area contributed by atoms with Crippen molar-refractivity contribution in [2.45, 2.75) is 46.1 Å². The molecule has 3 heteroatoms. The van der Waals surface area contributed by atoms with Gasteiger partial charge in [-0.05, 0) is 36.3 Å². The van der Waals surface area contributed by atoms with E-state index in [9.17, 15) is 4.79 Å². The van der Waals surface area contributed by atoms with Crippen LogP contribution in [0.1, 0.15) is 51.6 Å². The maximum absolute atomic E-state index is 12.7. The molecule has 1 amide bonds. The second kappa shape index (κ2) is 6.61. The van der Waals surface area contributed by atoms with Gasteiger partial charge in [-0.2, -0.15) is 0 Å². The highest BCUT2D eigenvalue weighted by Crippen LogP contribution is 2.35. The number of carbonyl (C=O) groups excluding carboxylic acids is 1. The summed E-state index contributed by atoms with van der Waals surface area (Å²) >= 11 is 0. The highest BCUT2D eigenvalue weighted by atomic mass is 16.2. The minimum Gasteiger partial charge on any atom is -0.349 e. The SMILES string of the molecule is CC(C)(C)C(NC(=O)[C@@H]1CCC[C@@H]1CN)c1ccccc1. The van der Waals surface area contributed by atoms with Crippen molar-refractivity contribution >= 4 is 5.91 Å². The van der Waals surface area contributed by atoms with Crippen LogP contribution in [0.3, 0.4) is 0 Å². The lowest BCUT2D eigenvalue weighted by Crippen LogP contribution is -2.41. The van der Waals surface area contributed by atoms with E-state index in [0.29, 0.717) is 12.5 Å². The van der Waals surface area contributed by atoms with Crippen LogP contribution in [0, 0.1) is 17.3 Å². The lowest BCUT2D eigenvalue weighted by molar-refractivity contribution is -0.127. The minimum absolute atomic E-state index is 0.0200. The molecule has 0 aromatic heterocycles. The van der Waals surface area contributed by atoms with Crippen LogP contribution < -0.4 is 11.1 Å². The van der Waals surface area contributed by atoms with Crippen molar-refractivity contribution < 1.29 is 4.79 Å². The Hall–Kier alpha value is -1.35. The summed E-state index contributed by atoms with van der Waals surface area (Å²) in [4.78, 5) is 12.7. The first-order valence-electron chi connectivity index (χ1n) is 7.99. The summed E-state index contributed by atoms with van der Waals surface area (Å²) in [5.74, 6) is 0.608. The molecule has 0 aliphatic heterocycles. The van der Waals surface area contributed by atoms with E-state index in [2.05, 4.69) is 38.2 Å². The summed E-state index contributed by atoms with van der Waals surface area (Å²) in [6.45, 7) is 7.11. The molecule has 1 saturated carbocycles. The molecule has 3 atom stereocenters. The average Bonchev–Trinajstić information content (AvgIpc) is 2.92. The predicted octanol–water partition coefficient (Wildman–Crippen LogP) is 3.27. The Bertz CT molecular complexity index is 464. The fourth-order valence-corrected chi connectivity index (χ4v) is 3.36. The molecule has 116 valence electrons. The van der Waals surface area contributed by atoms with Gasteiger partial charge in [0.1, 0.15) is 0 Å². The second-order valence-corrected chi connectivity index (χ2v) is 7.25. The third kappa shape index (κ3) is 3.85. The Morgan fingerprint density at radius 1 is 1.29 bits per heavy atom. The number of amides is 1. The van der Waals surface area contributed by atoms with Gasteiger partial charge in [0.15, 0.2) is 0 Å². The predicted molar refractivity (Wildman–Crippen MR) is 86.7 cm³/mol. The van der Waals surface area contributed by atoms with Crippen molar-refractivity contribution in [2.75, 3.05) is 6.54 Å². The summed E-state index contributed by atoms with van der Waals surface area (Å²) in [6.07, 6.45) is 3.17. The highest BCUT2D eigenvalue weighted by Gasteiger charge is 2.35. The molecule has 0 spiro atoms. The lowest BCUT2D eigenvalue weighted by atomic mass is 9.81. The molecule has 0 saturated heterocycles. The van der Waals surface area contributed by atoms with E-state index >= 15 is 0 Å². The van der Waals surface area contributed by atoms with Crippen LogP contribution in [0.25, 0.3) is 0 Å². The summed E-state index contributed by atoms with van der Waals surface area (Å²) in [5.41, 5.74) is 6.96. The monoisotopic (exact) mass is 288 g/mol. The zero-order valence-corrected chi connectivity index (χ0v) is 13.4. The first-order chi connectivity index (χ1) is 9.93. The second-order valence-electron chi connectivity index (χ2n) is 7.25. The highest BCUT2D eigenvalue weighted by molar-refractivity contribution is 5.79. The molecule has 1 aliphatic carbocycles. The van der Waals surface area contributed by atoms with E-state index in [0.717, 1.165) is 19.3 Å². The largest absolute Gasteiger partial charge is 0.349 e. The van der Waals surface area contributed by atoms with Crippen molar-refractivity contribution in [3.63, 3.8) is 0 Å². The molecule has 1 aromatic rings. The van der Waals surface area contributed by atoms with Gasteiger partial charge in [-0.25, -0.2) is 0 Å². The zero-order valence-electron chi connectivity index (χ0n) is 13.4. The number of rotatable bonds is 4. The van der Waals surface area contributed by atoms with Gasteiger partial charge in [0.05, 0.1) is 6.04 Å². The van der Waals surface area contributed by atoms with Gasteiger partial charge >= 0.3 is 0 Å². The van der Waals surface area contributed by atoms with Crippen LogP contribution in [0.4, 0.5) is 0 Å². The lowest BCUT2D eigenvalue weighted by Gasteiger charge is -2.33. The van der Waals surface area contributed by atoms with Gasteiger partial charge in [-0.1, -0.05) is 57.5 Å². The number of nitrogens with two attached hydrogens (primary N) is 1. The Morgan fingerprint density at radius 3 is 2.52 bits per heavy atom. The van der Waals surface area contributed by atoms with Gasteiger partial charge in [0.2, 0.25) is 5.91 Å². The van der Waals surface area contributed by atoms with Crippen LogP contribution in [-0.4, -0.2) is 12.5 Å². The number of hydrogen-bond donors (Lipinski definition) is 2. The zero-order chi connectivity index (χ0) is 15.5. The van der Waals surface area contributed by atoms with Crippen molar-refractivity contribution in [1.82, 2.24) is 5.32 Å². The van der Waals surface area contributed by atoms with E-state index in [-0.39, 0.29) is 23.3 Å². The van der Waals surface area contributed by atoms with Crippen molar-refractivity contribution in [2.24, 2.45) is 23.0 Å².